The molecular weight excluding hydrogens is 226 g/mol. The first-order chi connectivity index (χ1) is 8.52. The van der Waals surface area contributed by atoms with E-state index in [9.17, 15) is 4.79 Å². The van der Waals surface area contributed by atoms with Crippen molar-refractivity contribution in [3.05, 3.63) is 11.3 Å². The average molecular weight is 249 g/mol. The number of carbonyl (C=O) groups excluding carboxylic acids is 1. The maximum absolute atomic E-state index is 11.9. The maximum Gasteiger partial charge on any atom is 0.225 e. The molecule has 2 rings (SSSR count). The number of aryl methyl sites for hydroxylation is 1. The zero-order valence-electron chi connectivity index (χ0n) is 11.8. The second-order valence-corrected chi connectivity index (χ2v) is 5.58. The second kappa shape index (κ2) is 5.12. The van der Waals surface area contributed by atoms with Crippen molar-refractivity contribution in [3.63, 3.8) is 0 Å². The molecule has 4 heteroatoms. The van der Waals surface area contributed by atoms with Gasteiger partial charge in [0.2, 0.25) is 5.91 Å². The van der Waals surface area contributed by atoms with Crippen LogP contribution in [0.4, 0.5) is 5.82 Å². The van der Waals surface area contributed by atoms with Gasteiger partial charge >= 0.3 is 0 Å². The lowest BCUT2D eigenvalue weighted by atomic mass is 10.1. The SMILES string of the molecule is CCn1nc(NC(=O)CC(C)C)c(C2CC2)c1C. The highest BCUT2D eigenvalue weighted by atomic mass is 16.1. The summed E-state index contributed by atoms with van der Waals surface area (Å²) in [5, 5.41) is 7.51. The van der Waals surface area contributed by atoms with Crippen LogP contribution in [0.5, 0.6) is 0 Å². The lowest BCUT2D eigenvalue weighted by Crippen LogP contribution is -2.15. The van der Waals surface area contributed by atoms with Gasteiger partial charge in [0, 0.05) is 24.2 Å². The molecule has 1 aliphatic carbocycles. The summed E-state index contributed by atoms with van der Waals surface area (Å²) in [5.74, 6) is 1.86. The predicted molar refractivity (Wildman–Crippen MR) is 72.7 cm³/mol. The highest BCUT2D eigenvalue weighted by Crippen LogP contribution is 2.44. The summed E-state index contributed by atoms with van der Waals surface area (Å²) < 4.78 is 1.98. The number of hydrogen-bond donors (Lipinski definition) is 1. The molecule has 0 bridgehead atoms. The number of nitrogens with one attached hydrogen (secondary N) is 1. The average Bonchev–Trinajstić information content (AvgIpc) is 3.04. The first-order valence-corrected chi connectivity index (χ1v) is 6.90. The van der Waals surface area contributed by atoms with Gasteiger partial charge < -0.3 is 5.32 Å². The molecule has 1 aliphatic rings. The van der Waals surface area contributed by atoms with Crippen LogP contribution in [-0.2, 0) is 11.3 Å². The van der Waals surface area contributed by atoms with Crippen molar-refractivity contribution in [2.24, 2.45) is 5.92 Å². The van der Waals surface area contributed by atoms with Crippen molar-refractivity contribution >= 4 is 11.7 Å². The van der Waals surface area contributed by atoms with E-state index < -0.39 is 0 Å². The van der Waals surface area contributed by atoms with Crippen molar-refractivity contribution < 1.29 is 4.79 Å². The molecule has 0 radical (unpaired) electrons. The molecule has 1 aromatic rings. The van der Waals surface area contributed by atoms with Gasteiger partial charge in [0.15, 0.2) is 5.82 Å². The third kappa shape index (κ3) is 2.74. The zero-order chi connectivity index (χ0) is 13.3. The van der Waals surface area contributed by atoms with E-state index in [1.54, 1.807) is 0 Å². The standard InChI is InChI=1S/C14H23N3O/c1-5-17-10(4)13(11-6-7-11)14(16-17)15-12(18)8-9(2)3/h9,11H,5-8H2,1-4H3,(H,15,16,18). The van der Waals surface area contributed by atoms with E-state index in [-0.39, 0.29) is 5.91 Å². The molecule has 1 heterocycles. The largest absolute Gasteiger partial charge is 0.309 e. The maximum atomic E-state index is 11.9. The summed E-state index contributed by atoms with van der Waals surface area (Å²) in [5.41, 5.74) is 2.47. The first kappa shape index (κ1) is 13.1. The second-order valence-electron chi connectivity index (χ2n) is 5.58. The predicted octanol–water partition coefficient (Wildman–Crippen LogP) is 3.07. The molecule has 0 atom stereocenters. The van der Waals surface area contributed by atoms with Gasteiger partial charge in [0.05, 0.1) is 0 Å². The van der Waals surface area contributed by atoms with Crippen LogP contribution in [0.3, 0.4) is 0 Å². The molecule has 0 aliphatic heterocycles. The van der Waals surface area contributed by atoms with Crippen LogP contribution in [0.25, 0.3) is 0 Å². The summed E-state index contributed by atoms with van der Waals surface area (Å²) in [7, 11) is 0. The molecule has 0 unspecified atom stereocenters. The van der Waals surface area contributed by atoms with E-state index in [2.05, 4.69) is 38.1 Å². The fraction of sp³-hybridized carbons (Fsp3) is 0.714. The minimum atomic E-state index is 0.0765. The Kier molecular flexibility index (Phi) is 3.73. The molecule has 1 aromatic heterocycles. The molecule has 1 amide bonds. The molecule has 0 saturated heterocycles. The third-order valence-corrected chi connectivity index (χ3v) is 3.39. The topological polar surface area (TPSA) is 46.9 Å². The number of amides is 1. The van der Waals surface area contributed by atoms with E-state index in [1.165, 1.54) is 24.1 Å². The quantitative estimate of drug-likeness (QED) is 0.871. The Morgan fingerprint density at radius 2 is 2.17 bits per heavy atom. The Morgan fingerprint density at radius 1 is 1.50 bits per heavy atom. The zero-order valence-corrected chi connectivity index (χ0v) is 11.8. The fourth-order valence-electron chi connectivity index (χ4n) is 2.37. The van der Waals surface area contributed by atoms with Gasteiger partial charge in [-0.3, -0.25) is 9.48 Å². The normalized spacial score (nSPS) is 15.2. The van der Waals surface area contributed by atoms with Crippen LogP contribution in [0.1, 0.15) is 57.2 Å². The third-order valence-electron chi connectivity index (χ3n) is 3.39. The van der Waals surface area contributed by atoms with Crippen LogP contribution < -0.4 is 5.32 Å². The summed E-state index contributed by atoms with van der Waals surface area (Å²) >= 11 is 0. The van der Waals surface area contributed by atoms with Gasteiger partial charge in [0.25, 0.3) is 0 Å². The summed E-state index contributed by atoms with van der Waals surface area (Å²) in [6, 6.07) is 0. The van der Waals surface area contributed by atoms with E-state index in [0.717, 1.165) is 12.4 Å². The van der Waals surface area contributed by atoms with Gasteiger partial charge in [-0.2, -0.15) is 5.10 Å². The Hall–Kier alpha value is -1.32. The number of aromatic nitrogens is 2. The smallest absolute Gasteiger partial charge is 0.225 e. The molecular formula is C14H23N3O. The van der Waals surface area contributed by atoms with Gasteiger partial charge in [-0.15, -0.1) is 0 Å². The lowest BCUT2D eigenvalue weighted by Gasteiger charge is -2.06. The van der Waals surface area contributed by atoms with Crippen LogP contribution >= 0.6 is 0 Å². The van der Waals surface area contributed by atoms with Crippen molar-refractivity contribution in [2.75, 3.05) is 5.32 Å². The molecule has 18 heavy (non-hydrogen) atoms. The molecule has 1 saturated carbocycles. The number of nitrogens with zero attached hydrogens (tertiary/aromatic N) is 2. The highest BCUT2D eigenvalue weighted by Gasteiger charge is 2.31. The number of carbonyl (C=O) groups is 1. The Morgan fingerprint density at radius 3 is 2.67 bits per heavy atom. The van der Waals surface area contributed by atoms with Crippen molar-refractivity contribution in [1.82, 2.24) is 9.78 Å². The van der Waals surface area contributed by atoms with Crippen molar-refractivity contribution in [1.29, 1.82) is 0 Å². The summed E-state index contributed by atoms with van der Waals surface area (Å²) in [4.78, 5) is 11.9. The van der Waals surface area contributed by atoms with Crippen molar-refractivity contribution in [3.8, 4) is 0 Å². The minimum absolute atomic E-state index is 0.0765. The summed E-state index contributed by atoms with van der Waals surface area (Å²) in [6.45, 7) is 9.14. The van der Waals surface area contributed by atoms with Crippen LogP contribution in [0.2, 0.25) is 0 Å². The Balaban J connectivity index is 2.18. The molecule has 1 N–H and O–H groups in total. The van der Waals surface area contributed by atoms with E-state index in [1.807, 2.05) is 4.68 Å². The lowest BCUT2D eigenvalue weighted by molar-refractivity contribution is -0.116. The molecule has 0 spiro atoms. The van der Waals surface area contributed by atoms with Crippen LogP contribution in [-0.4, -0.2) is 15.7 Å². The molecule has 4 nitrogen and oxygen atoms in total. The Bertz CT molecular complexity index is 444. The van der Waals surface area contributed by atoms with Crippen molar-refractivity contribution in [2.45, 2.75) is 59.4 Å². The van der Waals surface area contributed by atoms with Gasteiger partial charge in [-0.25, -0.2) is 0 Å². The number of hydrogen-bond acceptors (Lipinski definition) is 2. The molecule has 0 aromatic carbocycles. The van der Waals surface area contributed by atoms with Crippen LogP contribution in [0, 0.1) is 12.8 Å². The molecule has 100 valence electrons. The summed E-state index contributed by atoms with van der Waals surface area (Å²) in [6.07, 6.45) is 3.01. The fourth-order valence-corrected chi connectivity index (χ4v) is 2.37. The first-order valence-electron chi connectivity index (χ1n) is 6.90. The number of anilines is 1. The van der Waals surface area contributed by atoms with E-state index in [0.29, 0.717) is 18.3 Å². The Labute approximate surface area is 109 Å². The van der Waals surface area contributed by atoms with Gasteiger partial charge in [0.1, 0.15) is 0 Å². The molecule has 1 fully saturated rings. The number of rotatable bonds is 5. The van der Waals surface area contributed by atoms with Gasteiger partial charge in [-0.1, -0.05) is 13.8 Å². The van der Waals surface area contributed by atoms with Crippen LogP contribution in [0.15, 0.2) is 0 Å². The van der Waals surface area contributed by atoms with E-state index in [4.69, 9.17) is 0 Å². The monoisotopic (exact) mass is 249 g/mol. The van der Waals surface area contributed by atoms with Gasteiger partial charge in [-0.05, 0) is 38.5 Å². The van der Waals surface area contributed by atoms with E-state index >= 15 is 0 Å². The minimum Gasteiger partial charge on any atom is -0.309 e. The highest BCUT2D eigenvalue weighted by molar-refractivity contribution is 5.90.